The summed E-state index contributed by atoms with van der Waals surface area (Å²) in [7, 11) is -0.653. The third-order valence-electron chi connectivity index (χ3n) is 1.96. The molecule has 0 aliphatic carbocycles. The van der Waals surface area contributed by atoms with Gasteiger partial charge in [-0.25, -0.2) is 0 Å². The Balaban J connectivity index is 0.000000640. The molecule has 1 aliphatic heterocycles. The number of nitrogens with one attached hydrogen (secondary N) is 1. The molecule has 0 amide bonds. The fraction of sp³-hybridized carbons (Fsp3) is 1.00. The first kappa shape index (κ1) is 9.47. The van der Waals surface area contributed by atoms with Crippen LogP contribution >= 0.6 is 12.4 Å². The highest BCUT2D eigenvalue weighted by atomic mass is 35.5. The lowest BCUT2D eigenvalue weighted by Gasteiger charge is -2.27. The van der Waals surface area contributed by atoms with E-state index in [9.17, 15) is 0 Å². The Kier molecular flexibility index (Phi) is 3.78. The quantitative estimate of drug-likeness (QED) is 0.540. The molecule has 0 spiro atoms. The maximum absolute atomic E-state index is 3.38. The van der Waals surface area contributed by atoms with E-state index in [2.05, 4.69) is 18.4 Å². The van der Waals surface area contributed by atoms with Crippen molar-refractivity contribution >= 4 is 20.5 Å². The Morgan fingerprint density at radius 3 is 1.78 bits per heavy atom. The highest BCUT2D eigenvalue weighted by Gasteiger charge is 2.22. The van der Waals surface area contributed by atoms with E-state index in [4.69, 9.17) is 0 Å². The van der Waals surface area contributed by atoms with Gasteiger partial charge < -0.3 is 5.32 Å². The zero-order valence-corrected chi connectivity index (χ0v) is 8.05. The molecule has 56 valence electrons. The molecule has 1 saturated heterocycles. The van der Waals surface area contributed by atoms with E-state index in [1.807, 2.05) is 0 Å². The molecule has 1 rings (SSSR count). The Hall–Kier alpha value is 0.467. The van der Waals surface area contributed by atoms with Crippen LogP contribution in [0.2, 0.25) is 25.2 Å². The molecule has 1 N–H and O–H groups in total. The summed E-state index contributed by atoms with van der Waals surface area (Å²) in [5.74, 6) is 0. The highest BCUT2D eigenvalue weighted by Crippen LogP contribution is 2.16. The van der Waals surface area contributed by atoms with Gasteiger partial charge in [-0.1, -0.05) is 13.1 Å². The topological polar surface area (TPSA) is 12.0 Å². The van der Waals surface area contributed by atoms with Gasteiger partial charge in [0.15, 0.2) is 0 Å². The fourth-order valence-electron chi connectivity index (χ4n) is 1.10. The molecule has 1 fully saturated rings. The van der Waals surface area contributed by atoms with Gasteiger partial charge >= 0.3 is 0 Å². The van der Waals surface area contributed by atoms with E-state index in [1.54, 1.807) is 0 Å². The SMILES string of the molecule is C[Si]1(C)CCNCC1.Cl. The van der Waals surface area contributed by atoms with Crippen LogP contribution in [0.4, 0.5) is 0 Å². The van der Waals surface area contributed by atoms with Crippen LogP contribution in [0.15, 0.2) is 0 Å². The van der Waals surface area contributed by atoms with Crippen molar-refractivity contribution in [3.05, 3.63) is 0 Å². The van der Waals surface area contributed by atoms with Crippen molar-refractivity contribution < 1.29 is 0 Å². The third-order valence-corrected chi connectivity index (χ3v) is 5.16. The lowest BCUT2D eigenvalue weighted by Crippen LogP contribution is -2.39. The van der Waals surface area contributed by atoms with Gasteiger partial charge in [-0.15, -0.1) is 12.4 Å². The third kappa shape index (κ3) is 3.23. The van der Waals surface area contributed by atoms with Gasteiger partial charge in [0, 0.05) is 8.07 Å². The van der Waals surface area contributed by atoms with Crippen LogP contribution in [0.25, 0.3) is 0 Å². The molecule has 3 heteroatoms. The Labute approximate surface area is 64.6 Å². The molecular weight excluding hydrogens is 150 g/mol. The maximum Gasteiger partial charge on any atom is 0.0498 e. The summed E-state index contributed by atoms with van der Waals surface area (Å²) < 4.78 is 0. The Morgan fingerprint density at radius 1 is 1.11 bits per heavy atom. The minimum Gasteiger partial charge on any atom is -0.317 e. The van der Waals surface area contributed by atoms with Crippen molar-refractivity contribution in [3.8, 4) is 0 Å². The van der Waals surface area contributed by atoms with E-state index in [-0.39, 0.29) is 12.4 Å². The maximum atomic E-state index is 3.38. The van der Waals surface area contributed by atoms with Gasteiger partial charge in [-0.3, -0.25) is 0 Å². The number of halogens is 1. The lowest BCUT2D eigenvalue weighted by atomic mass is 10.6. The number of hydrogen-bond donors (Lipinski definition) is 1. The first-order valence-corrected chi connectivity index (χ1v) is 6.83. The summed E-state index contributed by atoms with van der Waals surface area (Å²) >= 11 is 0. The van der Waals surface area contributed by atoms with E-state index in [1.165, 1.54) is 25.2 Å². The zero-order valence-electron chi connectivity index (χ0n) is 6.24. The van der Waals surface area contributed by atoms with Crippen LogP contribution in [-0.4, -0.2) is 21.2 Å². The molecule has 1 aliphatic rings. The minimum absolute atomic E-state index is 0. The summed E-state index contributed by atoms with van der Waals surface area (Å²) in [6.45, 7) is 7.51. The summed E-state index contributed by atoms with van der Waals surface area (Å²) in [6.07, 6.45) is 0. The molecular formula is C6H16ClNSi. The smallest absolute Gasteiger partial charge is 0.0498 e. The highest BCUT2D eigenvalue weighted by molar-refractivity contribution is 6.77. The van der Waals surface area contributed by atoms with Crippen molar-refractivity contribution in [3.63, 3.8) is 0 Å². The second kappa shape index (κ2) is 3.59. The molecule has 0 aromatic heterocycles. The predicted molar refractivity (Wildman–Crippen MR) is 47.2 cm³/mol. The zero-order chi connectivity index (χ0) is 6.04. The number of hydrogen-bond acceptors (Lipinski definition) is 1. The largest absolute Gasteiger partial charge is 0.317 e. The molecule has 0 unspecified atom stereocenters. The van der Waals surface area contributed by atoms with Gasteiger partial charge in [0.1, 0.15) is 0 Å². The molecule has 0 radical (unpaired) electrons. The lowest BCUT2D eigenvalue weighted by molar-refractivity contribution is 0.712. The second-order valence-corrected chi connectivity index (χ2v) is 8.74. The molecule has 0 aromatic carbocycles. The minimum atomic E-state index is -0.653. The fourth-order valence-corrected chi connectivity index (χ4v) is 3.06. The van der Waals surface area contributed by atoms with Crippen molar-refractivity contribution in [2.24, 2.45) is 0 Å². The van der Waals surface area contributed by atoms with E-state index in [0.717, 1.165) is 0 Å². The van der Waals surface area contributed by atoms with Gasteiger partial charge in [0.2, 0.25) is 0 Å². The van der Waals surface area contributed by atoms with Gasteiger partial charge in [0.05, 0.1) is 0 Å². The first-order chi connectivity index (χ1) is 3.71. The van der Waals surface area contributed by atoms with Crippen LogP contribution in [-0.2, 0) is 0 Å². The first-order valence-electron chi connectivity index (χ1n) is 3.41. The Morgan fingerprint density at radius 2 is 1.56 bits per heavy atom. The average Bonchev–Trinajstić information content (AvgIpc) is 1.65. The van der Waals surface area contributed by atoms with Crippen LogP contribution in [0.5, 0.6) is 0 Å². The van der Waals surface area contributed by atoms with E-state index in [0.29, 0.717) is 0 Å². The van der Waals surface area contributed by atoms with Crippen molar-refractivity contribution in [1.82, 2.24) is 5.32 Å². The predicted octanol–water partition coefficient (Wildman–Crippen LogP) is 1.72. The van der Waals surface area contributed by atoms with Crippen LogP contribution < -0.4 is 5.32 Å². The van der Waals surface area contributed by atoms with Crippen molar-refractivity contribution in [1.29, 1.82) is 0 Å². The molecule has 9 heavy (non-hydrogen) atoms. The van der Waals surface area contributed by atoms with Crippen molar-refractivity contribution in [2.45, 2.75) is 25.2 Å². The van der Waals surface area contributed by atoms with Gasteiger partial charge in [-0.05, 0) is 25.2 Å². The van der Waals surface area contributed by atoms with Gasteiger partial charge in [0.25, 0.3) is 0 Å². The molecule has 0 atom stereocenters. The summed E-state index contributed by atoms with van der Waals surface area (Å²) in [5.41, 5.74) is 0. The summed E-state index contributed by atoms with van der Waals surface area (Å²) in [4.78, 5) is 0. The van der Waals surface area contributed by atoms with Crippen LogP contribution in [0.3, 0.4) is 0 Å². The second-order valence-electron chi connectivity index (χ2n) is 3.41. The van der Waals surface area contributed by atoms with Gasteiger partial charge in [-0.2, -0.15) is 0 Å². The number of rotatable bonds is 0. The molecule has 0 saturated carbocycles. The van der Waals surface area contributed by atoms with Crippen LogP contribution in [0.1, 0.15) is 0 Å². The molecule has 1 heterocycles. The van der Waals surface area contributed by atoms with Crippen molar-refractivity contribution in [2.75, 3.05) is 13.1 Å². The standard InChI is InChI=1S/C6H15NSi.ClH/c1-8(2)5-3-7-4-6-8;/h7H,3-6H2,1-2H3;1H. The normalized spacial score (nSPS) is 24.7. The average molecular weight is 166 g/mol. The summed E-state index contributed by atoms with van der Waals surface area (Å²) in [5, 5.41) is 3.38. The van der Waals surface area contributed by atoms with E-state index >= 15 is 0 Å². The Bertz CT molecular complexity index is 77.1. The van der Waals surface area contributed by atoms with E-state index < -0.39 is 8.07 Å². The molecule has 0 aromatic rings. The summed E-state index contributed by atoms with van der Waals surface area (Å²) in [6, 6.07) is 2.96. The monoisotopic (exact) mass is 165 g/mol. The van der Waals surface area contributed by atoms with Crippen LogP contribution in [0, 0.1) is 0 Å². The molecule has 0 bridgehead atoms. The molecule has 1 nitrogen and oxygen atoms in total.